The molecule has 0 spiro atoms. The SMILES string of the molecule is NS(=O)(=O)c1c(Cl)cc(F)nc1C(F)F. The minimum absolute atomic E-state index is 0.493. The summed E-state index contributed by atoms with van der Waals surface area (Å²) in [7, 11) is -4.47. The normalized spacial score (nSPS) is 12.1. The molecule has 0 saturated carbocycles. The van der Waals surface area contributed by atoms with Gasteiger partial charge in [0.05, 0.1) is 5.02 Å². The second-order valence-corrected chi connectivity index (χ2v) is 4.39. The Labute approximate surface area is 87.9 Å². The number of nitrogens with two attached hydrogens (primary N) is 1. The van der Waals surface area contributed by atoms with Gasteiger partial charge in [-0.25, -0.2) is 27.3 Å². The van der Waals surface area contributed by atoms with Crippen LogP contribution in [0.2, 0.25) is 5.02 Å². The van der Waals surface area contributed by atoms with Crippen LogP contribution in [-0.4, -0.2) is 13.4 Å². The van der Waals surface area contributed by atoms with Crippen LogP contribution < -0.4 is 5.14 Å². The fourth-order valence-electron chi connectivity index (χ4n) is 0.920. The lowest BCUT2D eigenvalue weighted by Crippen LogP contribution is -2.17. The first-order valence-electron chi connectivity index (χ1n) is 3.40. The molecule has 0 aliphatic heterocycles. The highest BCUT2D eigenvalue weighted by Gasteiger charge is 2.26. The molecule has 0 unspecified atom stereocenters. The summed E-state index contributed by atoms with van der Waals surface area (Å²) < 4.78 is 59.0. The number of primary sulfonamides is 1. The Hall–Kier alpha value is -0.860. The summed E-state index contributed by atoms with van der Waals surface area (Å²) >= 11 is 5.29. The molecule has 0 fully saturated rings. The molecule has 84 valence electrons. The summed E-state index contributed by atoms with van der Waals surface area (Å²) in [4.78, 5) is 1.68. The average Bonchev–Trinajstić information content (AvgIpc) is 1.99. The van der Waals surface area contributed by atoms with E-state index in [0.717, 1.165) is 0 Å². The Kier molecular flexibility index (Phi) is 3.22. The highest BCUT2D eigenvalue weighted by atomic mass is 35.5. The number of pyridine rings is 1. The smallest absolute Gasteiger partial charge is 0.225 e. The van der Waals surface area contributed by atoms with Gasteiger partial charge in [0.2, 0.25) is 16.0 Å². The van der Waals surface area contributed by atoms with Crippen LogP contribution in [0.3, 0.4) is 0 Å². The van der Waals surface area contributed by atoms with E-state index in [0.29, 0.717) is 6.07 Å². The van der Waals surface area contributed by atoms with Gasteiger partial charge in [-0.15, -0.1) is 0 Å². The van der Waals surface area contributed by atoms with Gasteiger partial charge in [0, 0.05) is 6.07 Å². The molecule has 1 heterocycles. The Morgan fingerprint density at radius 1 is 1.47 bits per heavy atom. The van der Waals surface area contributed by atoms with Crippen LogP contribution in [0.4, 0.5) is 13.2 Å². The van der Waals surface area contributed by atoms with E-state index in [1.165, 1.54) is 0 Å². The number of halogens is 4. The molecule has 1 aromatic heterocycles. The highest BCUT2D eigenvalue weighted by Crippen LogP contribution is 2.30. The van der Waals surface area contributed by atoms with Gasteiger partial charge in [-0.05, 0) is 0 Å². The molecule has 2 N–H and O–H groups in total. The third-order valence-corrected chi connectivity index (χ3v) is 2.82. The van der Waals surface area contributed by atoms with Crippen molar-refractivity contribution < 1.29 is 21.6 Å². The Bertz CT molecular complexity index is 491. The summed E-state index contributed by atoms with van der Waals surface area (Å²) in [6.45, 7) is 0. The first-order chi connectivity index (χ1) is 6.73. The molecule has 0 bridgehead atoms. The van der Waals surface area contributed by atoms with Crippen molar-refractivity contribution in [2.45, 2.75) is 11.3 Å². The lowest BCUT2D eigenvalue weighted by atomic mass is 10.3. The number of hydrogen-bond donors (Lipinski definition) is 1. The monoisotopic (exact) mass is 260 g/mol. The van der Waals surface area contributed by atoms with Crippen molar-refractivity contribution in [3.8, 4) is 0 Å². The van der Waals surface area contributed by atoms with Gasteiger partial charge in [0.15, 0.2) is 0 Å². The van der Waals surface area contributed by atoms with E-state index in [1.54, 1.807) is 0 Å². The summed E-state index contributed by atoms with van der Waals surface area (Å²) in [6.07, 6.45) is -3.29. The quantitative estimate of drug-likeness (QED) is 0.818. The average molecular weight is 261 g/mol. The van der Waals surface area contributed by atoms with Crippen molar-refractivity contribution in [3.05, 3.63) is 22.7 Å². The van der Waals surface area contributed by atoms with E-state index in [9.17, 15) is 21.6 Å². The first-order valence-corrected chi connectivity index (χ1v) is 5.33. The molecule has 0 radical (unpaired) electrons. The lowest BCUT2D eigenvalue weighted by molar-refractivity contribution is 0.141. The van der Waals surface area contributed by atoms with Crippen LogP contribution >= 0.6 is 11.6 Å². The molecule has 0 aliphatic rings. The maximum Gasteiger partial charge on any atom is 0.281 e. The summed E-state index contributed by atoms with van der Waals surface area (Å²) in [5.74, 6) is -1.30. The first kappa shape index (κ1) is 12.2. The Morgan fingerprint density at radius 2 is 2.00 bits per heavy atom. The van der Waals surface area contributed by atoms with Crippen molar-refractivity contribution in [2.24, 2.45) is 5.14 Å². The van der Waals surface area contributed by atoms with Crippen LogP contribution in [0.25, 0.3) is 0 Å². The van der Waals surface area contributed by atoms with Crippen molar-refractivity contribution in [1.82, 2.24) is 4.98 Å². The van der Waals surface area contributed by atoms with E-state index in [2.05, 4.69) is 10.1 Å². The zero-order chi connectivity index (χ0) is 11.8. The maximum absolute atomic E-state index is 12.6. The third kappa shape index (κ3) is 2.58. The number of alkyl halides is 2. The van der Waals surface area contributed by atoms with Crippen molar-refractivity contribution in [3.63, 3.8) is 0 Å². The zero-order valence-electron chi connectivity index (χ0n) is 6.92. The fraction of sp³-hybridized carbons (Fsp3) is 0.167. The molecule has 15 heavy (non-hydrogen) atoms. The third-order valence-electron chi connectivity index (χ3n) is 1.41. The predicted molar refractivity (Wildman–Crippen MR) is 45.5 cm³/mol. The second-order valence-electron chi connectivity index (χ2n) is 2.49. The van der Waals surface area contributed by atoms with E-state index in [-0.39, 0.29) is 0 Å². The summed E-state index contributed by atoms with van der Waals surface area (Å²) in [6, 6.07) is 0.493. The number of hydrogen-bond acceptors (Lipinski definition) is 3. The van der Waals surface area contributed by atoms with Crippen LogP contribution in [0.15, 0.2) is 11.0 Å². The summed E-state index contributed by atoms with van der Waals surface area (Å²) in [5.41, 5.74) is -1.29. The lowest BCUT2D eigenvalue weighted by Gasteiger charge is -2.07. The predicted octanol–water partition coefficient (Wildman–Crippen LogP) is 1.46. The molecule has 0 aromatic carbocycles. The minimum atomic E-state index is -4.47. The molecule has 1 rings (SSSR count). The standard InChI is InChI=1S/C6H4ClF3N2O2S/c7-2-1-3(8)12-4(6(9)10)5(2)15(11,13)14/h1,6H,(H2,11,13,14). The number of aromatic nitrogens is 1. The van der Waals surface area contributed by atoms with Crippen molar-refractivity contribution >= 4 is 21.6 Å². The molecule has 0 atom stereocenters. The van der Waals surface area contributed by atoms with E-state index < -0.39 is 38.0 Å². The van der Waals surface area contributed by atoms with E-state index in [1.807, 2.05) is 0 Å². The number of nitrogens with zero attached hydrogens (tertiary/aromatic N) is 1. The maximum atomic E-state index is 12.6. The molecular formula is C6H4ClF3N2O2S. The largest absolute Gasteiger partial charge is 0.281 e. The molecule has 0 aliphatic carbocycles. The summed E-state index contributed by atoms with van der Waals surface area (Å²) in [5, 5.41) is 3.92. The van der Waals surface area contributed by atoms with Crippen LogP contribution in [0.1, 0.15) is 12.1 Å². The van der Waals surface area contributed by atoms with Gasteiger partial charge in [0.1, 0.15) is 10.6 Å². The van der Waals surface area contributed by atoms with Crippen molar-refractivity contribution in [1.29, 1.82) is 0 Å². The van der Waals surface area contributed by atoms with E-state index in [4.69, 9.17) is 11.6 Å². The topological polar surface area (TPSA) is 73.1 Å². The van der Waals surface area contributed by atoms with E-state index >= 15 is 0 Å². The van der Waals surface area contributed by atoms with Gasteiger partial charge < -0.3 is 0 Å². The molecule has 9 heteroatoms. The molecular weight excluding hydrogens is 257 g/mol. The fourth-order valence-corrected chi connectivity index (χ4v) is 2.19. The molecule has 0 amide bonds. The van der Waals surface area contributed by atoms with Gasteiger partial charge in [-0.1, -0.05) is 11.6 Å². The Morgan fingerprint density at radius 3 is 2.40 bits per heavy atom. The van der Waals surface area contributed by atoms with Gasteiger partial charge in [0.25, 0.3) is 6.43 Å². The Balaban J connectivity index is 3.62. The number of rotatable bonds is 2. The number of sulfonamides is 1. The van der Waals surface area contributed by atoms with Crippen LogP contribution in [0.5, 0.6) is 0 Å². The molecule has 4 nitrogen and oxygen atoms in total. The highest BCUT2D eigenvalue weighted by molar-refractivity contribution is 7.89. The zero-order valence-corrected chi connectivity index (χ0v) is 8.49. The van der Waals surface area contributed by atoms with Crippen LogP contribution in [0, 0.1) is 5.95 Å². The molecule has 1 aromatic rings. The molecule has 0 saturated heterocycles. The van der Waals surface area contributed by atoms with Crippen LogP contribution in [-0.2, 0) is 10.0 Å². The second kappa shape index (κ2) is 3.95. The van der Waals surface area contributed by atoms with Crippen molar-refractivity contribution in [2.75, 3.05) is 0 Å². The van der Waals surface area contributed by atoms with Gasteiger partial charge in [-0.2, -0.15) is 4.39 Å². The van der Waals surface area contributed by atoms with Gasteiger partial charge >= 0.3 is 0 Å². The van der Waals surface area contributed by atoms with Gasteiger partial charge in [-0.3, -0.25) is 0 Å². The minimum Gasteiger partial charge on any atom is -0.225 e.